The van der Waals surface area contributed by atoms with Gasteiger partial charge in [0, 0.05) is 14.1 Å². The highest BCUT2D eigenvalue weighted by molar-refractivity contribution is 6.00. The van der Waals surface area contributed by atoms with Crippen molar-refractivity contribution in [2.75, 3.05) is 33.2 Å². The molecule has 0 fully saturated rings. The molecule has 0 saturated heterocycles. The summed E-state index contributed by atoms with van der Waals surface area (Å²) in [5, 5.41) is 9.78. The van der Waals surface area contributed by atoms with Crippen molar-refractivity contribution in [3.63, 3.8) is 0 Å². The first kappa shape index (κ1) is 13.9. The molecule has 2 aromatic rings. The van der Waals surface area contributed by atoms with Gasteiger partial charge in [0.2, 0.25) is 0 Å². The van der Waals surface area contributed by atoms with Gasteiger partial charge in [-0.05, 0) is 18.2 Å². The smallest absolute Gasteiger partial charge is 0.145 e. The lowest BCUT2D eigenvalue weighted by Crippen LogP contribution is -2.11. The summed E-state index contributed by atoms with van der Waals surface area (Å²) >= 11 is 0. The molecule has 104 valence electrons. The second-order valence-electron chi connectivity index (χ2n) is 4.56. The van der Waals surface area contributed by atoms with Gasteiger partial charge < -0.3 is 14.4 Å². The van der Waals surface area contributed by atoms with E-state index in [1.54, 1.807) is 14.2 Å². The molecule has 0 unspecified atom stereocenters. The predicted molar refractivity (Wildman–Crippen MR) is 78.5 cm³/mol. The van der Waals surface area contributed by atoms with Gasteiger partial charge in [-0.1, -0.05) is 0 Å². The molecule has 0 bridgehead atoms. The third kappa shape index (κ3) is 2.32. The summed E-state index contributed by atoms with van der Waals surface area (Å²) in [4.78, 5) is 6.51. The summed E-state index contributed by atoms with van der Waals surface area (Å²) in [6.07, 6.45) is 0.261. The average molecular weight is 271 g/mol. The maximum absolute atomic E-state index is 8.89. The summed E-state index contributed by atoms with van der Waals surface area (Å²) in [7, 11) is 7.13. The standard InChI is InChI=1S/C15H17N3O2/c1-18(2)11-9-10(7-8-16)17-15-13(20-4)6-5-12(19-3)14(11)15/h5-6,9H,7H2,1-4H3. The molecule has 0 N–H and O–H groups in total. The molecular weight excluding hydrogens is 254 g/mol. The number of nitrogens with zero attached hydrogens (tertiary/aromatic N) is 3. The number of nitriles is 1. The molecule has 5 nitrogen and oxygen atoms in total. The van der Waals surface area contributed by atoms with Gasteiger partial charge >= 0.3 is 0 Å². The van der Waals surface area contributed by atoms with Gasteiger partial charge in [-0.3, -0.25) is 0 Å². The number of pyridine rings is 1. The number of benzene rings is 1. The van der Waals surface area contributed by atoms with E-state index in [0.29, 0.717) is 11.3 Å². The molecule has 1 aromatic carbocycles. The van der Waals surface area contributed by atoms with Gasteiger partial charge in [-0.2, -0.15) is 5.26 Å². The van der Waals surface area contributed by atoms with Crippen LogP contribution in [0.5, 0.6) is 11.5 Å². The van der Waals surface area contributed by atoms with E-state index in [2.05, 4.69) is 11.1 Å². The van der Waals surface area contributed by atoms with Crippen molar-refractivity contribution in [1.29, 1.82) is 5.26 Å². The minimum atomic E-state index is 0.261. The first-order valence-corrected chi connectivity index (χ1v) is 6.21. The van der Waals surface area contributed by atoms with Crippen LogP contribution in [0.1, 0.15) is 5.69 Å². The summed E-state index contributed by atoms with van der Waals surface area (Å²) < 4.78 is 10.8. The monoisotopic (exact) mass is 271 g/mol. The van der Waals surface area contributed by atoms with E-state index < -0.39 is 0 Å². The number of aromatic nitrogens is 1. The normalized spacial score (nSPS) is 10.2. The van der Waals surface area contributed by atoms with Crippen molar-refractivity contribution in [2.45, 2.75) is 6.42 Å². The van der Waals surface area contributed by atoms with Crippen molar-refractivity contribution in [3.8, 4) is 17.6 Å². The Hall–Kier alpha value is -2.48. The van der Waals surface area contributed by atoms with Gasteiger partial charge in [0.05, 0.1) is 43.5 Å². The Balaban J connectivity index is 2.87. The van der Waals surface area contributed by atoms with Gasteiger partial charge in [0.1, 0.15) is 17.0 Å². The van der Waals surface area contributed by atoms with Crippen molar-refractivity contribution in [3.05, 3.63) is 23.9 Å². The third-order valence-corrected chi connectivity index (χ3v) is 3.10. The molecule has 0 aliphatic heterocycles. The fourth-order valence-electron chi connectivity index (χ4n) is 2.18. The molecule has 5 heteroatoms. The molecule has 0 saturated carbocycles. The maximum atomic E-state index is 8.89. The topological polar surface area (TPSA) is 58.4 Å². The van der Waals surface area contributed by atoms with Crippen molar-refractivity contribution in [2.24, 2.45) is 0 Å². The zero-order valence-corrected chi connectivity index (χ0v) is 12.1. The highest BCUT2D eigenvalue weighted by Crippen LogP contribution is 2.38. The lowest BCUT2D eigenvalue weighted by Gasteiger charge is -2.19. The molecule has 0 amide bonds. The fourth-order valence-corrected chi connectivity index (χ4v) is 2.18. The Morgan fingerprint density at radius 1 is 1.20 bits per heavy atom. The van der Waals surface area contributed by atoms with E-state index >= 15 is 0 Å². The number of fused-ring (bicyclic) bond motifs is 1. The minimum Gasteiger partial charge on any atom is -0.496 e. The Morgan fingerprint density at radius 3 is 2.40 bits per heavy atom. The van der Waals surface area contributed by atoms with Gasteiger partial charge in [-0.25, -0.2) is 4.98 Å². The van der Waals surface area contributed by atoms with Gasteiger partial charge in [0.15, 0.2) is 0 Å². The number of hydrogen-bond acceptors (Lipinski definition) is 5. The minimum absolute atomic E-state index is 0.261. The lowest BCUT2D eigenvalue weighted by atomic mass is 10.1. The molecule has 0 radical (unpaired) electrons. The SMILES string of the molecule is COc1ccc(OC)c2c(N(C)C)cc(CC#N)nc12. The van der Waals surface area contributed by atoms with Crippen molar-refractivity contribution in [1.82, 2.24) is 4.98 Å². The van der Waals surface area contributed by atoms with Crippen LogP contribution < -0.4 is 14.4 Å². The summed E-state index contributed by atoms with van der Waals surface area (Å²) in [6.45, 7) is 0. The highest BCUT2D eigenvalue weighted by Gasteiger charge is 2.16. The van der Waals surface area contributed by atoms with E-state index in [0.717, 1.165) is 22.5 Å². The molecular formula is C15H17N3O2. The lowest BCUT2D eigenvalue weighted by molar-refractivity contribution is 0.409. The van der Waals surface area contributed by atoms with E-state index in [9.17, 15) is 0 Å². The van der Waals surface area contributed by atoms with Crippen LogP contribution in [0.4, 0.5) is 5.69 Å². The number of hydrogen-bond donors (Lipinski definition) is 0. The van der Waals surface area contributed by atoms with Gasteiger partial charge in [-0.15, -0.1) is 0 Å². The largest absolute Gasteiger partial charge is 0.496 e. The van der Waals surface area contributed by atoms with E-state index in [-0.39, 0.29) is 6.42 Å². The molecule has 0 aliphatic carbocycles. The highest BCUT2D eigenvalue weighted by atomic mass is 16.5. The molecule has 2 rings (SSSR count). The first-order chi connectivity index (χ1) is 9.62. The van der Waals surface area contributed by atoms with Crippen molar-refractivity contribution >= 4 is 16.6 Å². The summed E-state index contributed by atoms with van der Waals surface area (Å²) in [6, 6.07) is 7.72. The summed E-state index contributed by atoms with van der Waals surface area (Å²) in [5.74, 6) is 1.41. The van der Waals surface area contributed by atoms with Crippen molar-refractivity contribution < 1.29 is 9.47 Å². The maximum Gasteiger partial charge on any atom is 0.145 e. The Bertz CT molecular complexity index is 675. The van der Waals surface area contributed by atoms with Crippen LogP contribution >= 0.6 is 0 Å². The van der Waals surface area contributed by atoms with E-state index in [4.69, 9.17) is 14.7 Å². The van der Waals surface area contributed by atoms with E-state index in [1.165, 1.54) is 0 Å². The van der Waals surface area contributed by atoms with Gasteiger partial charge in [0.25, 0.3) is 0 Å². The average Bonchev–Trinajstić information content (AvgIpc) is 2.45. The van der Waals surface area contributed by atoms with Crippen LogP contribution in [0.3, 0.4) is 0 Å². The van der Waals surface area contributed by atoms with Crippen LogP contribution in [0, 0.1) is 11.3 Å². The molecule has 0 aliphatic rings. The number of ether oxygens (including phenoxy) is 2. The molecule has 0 atom stereocenters. The van der Waals surface area contributed by atoms with Crippen LogP contribution in [-0.2, 0) is 6.42 Å². The fraction of sp³-hybridized carbons (Fsp3) is 0.333. The number of rotatable bonds is 4. The quantitative estimate of drug-likeness (QED) is 0.854. The number of methoxy groups -OCH3 is 2. The van der Waals surface area contributed by atoms with Crippen LogP contribution in [-0.4, -0.2) is 33.3 Å². The molecule has 1 heterocycles. The second-order valence-corrected chi connectivity index (χ2v) is 4.56. The van der Waals surface area contributed by atoms with Crippen LogP contribution in [0.15, 0.2) is 18.2 Å². The Kier molecular flexibility index (Phi) is 3.94. The van der Waals surface area contributed by atoms with E-state index in [1.807, 2.05) is 37.2 Å². The first-order valence-electron chi connectivity index (χ1n) is 6.21. The molecule has 20 heavy (non-hydrogen) atoms. The molecule has 0 spiro atoms. The molecule has 1 aromatic heterocycles. The summed E-state index contributed by atoms with van der Waals surface area (Å²) in [5.41, 5.74) is 2.38. The zero-order chi connectivity index (χ0) is 14.7. The van der Waals surface area contributed by atoms with Crippen LogP contribution in [0.2, 0.25) is 0 Å². The third-order valence-electron chi connectivity index (χ3n) is 3.10. The van der Waals surface area contributed by atoms with Crippen LogP contribution in [0.25, 0.3) is 10.9 Å². The Labute approximate surface area is 118 Å². The predicted octanol–water partition coefficient (Wildman–Crippen LogP) is 2.38. The number of anilines is 1. The zero-order valence-electron chi connectivity index (χ0n) is 12.1. The Morgan fingerprint density at radius 2 is 1.85 bits per heavy atom. The second kappa shape index (κ2) is 5.66.